The number of pyridine rings is 1. The first-order valence-electron chi connectivity index (χ1n) is 9.75. The minimum atomic E-state index is -0.327. The Morgan fingerprint density at radius 2 is 1.90 bits per heavy atom. The zero-order valence-electron chi connectivity index (χ0n) is 17.0. The second-order valence-electron chi connectivity index (χ2n) is 6.78. The number of fused-ring (bicyclic) bond motifs is 1. The van der Waals surface area contributed by atoms with Gasteiger partial charge < -0.3 is 9.47 Å². The molecule has 154 valence electrons. The number of methoxy groups -OCH3 is 1. The summed E-state index contributed by atoms with van der Waals surface area (Å²) in [4.78, 5) is 15.9. The van der Waals surface area contributed by atoms with E-state index < -0.39 is 0 Å². The van der Waals surface area contributed by atoms with Crippen LogP contribution in [0.4, 0.5) is 0 Å². The van der Waals surface area contributed by atoms with Crippen LogP contribution < -0.4 is 14.9 Å². The third kappa shape index (κ3) is 4.87. The lowest BCUT2D eigenvalue weighted by molar-refractivity contribution is 0.0955. The summed E-state index contributed by atoms with van der Waals surface area (Å²) in [7, 11) is 1.59. The van der Waals surface area contributed by atoms with Gasteiger partial charge in [-0.3, -0.25) is 9.78 Å². The van der Waals surface area contributed by atoms with Gasteiger partial charge in [-0.15, -0.1) is 0 Å². The SMILES string of the molecule is COc1cc(/C=N\NC(=O)c2cccnc2)ccc1OCc1cccc2ccccc12. The highest BCUT2D eigenvalue weighted by Crippen LogP contribution is 2.29. The number of amides is 1. The molecule has 0 atom stereocenters. The molecule has 1 heterocycles. The van der Waals surface area contributed by atoms with Gasteiger partial charge in [0.1, 0.15) is 6.61 Å². The number of nitrogens with zero attached hydrogens (tertiary/aromatic N) is 2. The van der Waals surface area contributed by atoms with Crippen molar-refractivity contribution in [2.75, 3.05) is 7.11 Å². The Bertz CT molecular complexity index is 1220. The summed E-state index contributed by atoms with van der Waals surface area (Å²) in [5.41, 5.74) is 4.79. The van der Waals surface area contributed by atoms with Gasteiger partial charge in [0.15, 0.2) is 11.5 Å². The first kappa shape index (κ1) is 20.1. The number of nitrogens with one attached hydrogen (secondary N) is 1. The minimum absolute atomic E-state index is 0.327. The molecule has 4 aromatic rings. The van der Waals surface area contributed by atoms with Gasteiger partial charge in [-0.05, 0) is 52.2 Å². The number of hydrogen-bond acceptors (Lipinski definition) is 5. The molecule has 1 N–H and O–H groups in total. The summed E-state index contributed by atoms with van der Waals surface area (Å²) in [6, 6.07) is 23.2. The zero-order chi connectivity index (χ0) is 21.5. The topological polar surface area (TPSA) is 72.8 Å². The summed E-state index contributed by atoms with van der Waals surface area (Å²) in [6.45, 7) is 0.423. The van der Waals surface area contributed by atoms with Crippen LogP contribution in [0.3, 0.4) is 0 Å². The van der Waals surface area contributed by atoms with Gasteiger partial charge in [0.05, 0.1) is 18.9 Å². The Morgan fingerprint density at radius 3 is 2.74 bits per heavy atom. The zero-order valence-corrected chi connectivity index (χ0v) is 17.0. The van der Waals surface area contributed by atoms with E-state index in [1.807, 2.05) is 30.3 Å². The first-order chi connectivity index (χ1) is 15.2. The highest BCUT2D eigenvalue weighted by atomic mass is 16.5. The van der Waals surface area contributed by atoms with E-state index in [-0.39, 0.29) is 5.91 Å². The number of aromatic nitrogens is 1. The molecular weight excluding hydrogens is 390 g/mol. The van der Waals surface area contributed by atoms with Crippen molar-refractivity contribution in [2.24, 2.45) is 5.10 Å². The normalized spacial score (nSPS) is 10.9. The average Bonchev–Trinajstić information content (AvgIpc) is 2.83. The molecule has 0 fully saturated rings. The molecule has 3 aromatic carbocycles. The number of hydrogen-bond donors (Lipinski definition) is 1. The lowest BCUT2D eigenvalue weighted by atomic mass is 10.1. The molecule has 31 heavy (non-hydrogen) atoms. The predicted octanol–water partition coefficient (Wildman–Crippen LogP) is 4.59. The molecule has 6 nitrogen and oxygen atoms in total. The van der Waals surface area contributed by atoms with Crippen LogP contribution in [0.1, 0.15) is 21.5 Å². The van der Waals surface area contributed by atoms with Gasteiger partial charge in [0, 0.05) is 12.4 Å². The maximum absolute atomic E-state index is 12.0. The number of benzene rings is 3. The van der Waals surface area contributed by atoms with E-state index >= 15 is 0 Å². The van der Waals surface area contributed by atoms with Crippen molar-refractivity contribution in [3.63, 3.8) is 0 Å². The van der Waals surface area contributed by atoms with Crippen molar-refractivity contribution in [2.45, 2.75) is 6.61 Å². The molecule has 0 saturated carbocycles. The number of ether oxygens (including phenoxy) is 2. The lowest BCUT2D eigenvalue weighted by Gasteiger charge is -2.12. The third-order valence-electron chi connectivity index (χ3n) is 4.75. The molecule has 1 aromatic heterocycles. The number of carbonyl (C=O) groups excluding carboxylic acids is 1. The third-order valence-corrected chi connectivity index (χ3v) is 4.75. The van der Waals surface area contributed by atoms with Crippen molar-refractivity contribution >= 4 is 22.9 Å². The van der Waals surface area contributed by atoms with Crippen LogP contribution in [0.2, 0.25) is 0 Å². The van der Waals surface area contributed by atoms with Gasteiger partial charge in [0.25, 0.3) is 5.91 Å². The average molecular weight is 411 g/mol. The standard InChI is InChI=1S/C25H21N3O3/c1-30-24-14-18(15-27-28-25(29)20-9-5-13-26-16-20)11-12-23(24)31-17-21-8-4-7-19-6-2-3-10-22(19)21/h2-16H,17H2,1H3,(H,28,29)/b27-15-. The van der Waals surface area contributed by atoms with Gasteiger partial charge in [-0.1, -0.05) is 42.5 Å². The van der Waals surface area contributed by atoms with E-state index in [4.69, 9.17) is 9.47 Å². The minimum Gasteiger partial charge on any atom is -0.493 e. The van der Waals surface area contributed by atoms with Crippen molar-refractivity contribution in [1.29, 1.82) is 0 Å². The van der Waals surface area contributed by atoms with Crippen molar-refractivity contribution in [1.82, 2.24) is 10.4 Å². The fourth-order valence-electron chi connectivity index (χ4n) is 3.18. The van der Waals surface area contributed by atoms with Crippen LogP contribution in [-0.4, -0.2) is 24.2 Å². The van der Waals surface area contributed by atoms with Crippen LogP contribution in [0.15, 0.2) is 90.3 Å². The van der Waals surface area contributed by atoms with Gasteiger partial charge in [0.2, 0.25) is 0 Å². The summed E-state index contributed by atoms with van der Waals surface area (Å²) < 4.78 is 11.5. The highest BCUT2D eigenvalue weighted by Gasteiger charge is 2.08. The fraction of sp³-hybridized carbons (Fsp3) is 0.0800. The summed E-state index contributed by atoms with van der Waals surface area (Å²) in [5, 5.41) is 6.34. The molecule has 0 unspecified atom stereocenters. The molecule has 0 aliphatic carbocycles. The molecule has 0 aliphatic rings. The molecular formula is C25H21N3O3. The molecule has 1 amide bonds. The molecule has 6 heteroatoms. The molecule has 0 aliphatic heterocycles. The number of rotatable bonds is 7. The second-order valence-corrected chi connectivity index (χ2v) is 6.78. The Hall–Kier alpha value is -4.19. The Kier molecular flexibility index (Phi) is 6.18. The number of hydrazone groups is 1. The fourth-order valence-corrected chi connectivity index (χ4v) is 3.18. The summed E-state index contributed by atoms with van der Waals surface area (Å²) in [6.07, 6.45) is 4.64. The maximum Gasteiger partial charge on any atom is 0.272 e. The largest absolute Gasteiger partial charge is 0.493 e. The molecule has 0 saturated heterocycles. The van der Waals surface area contributed by atoms with Gasteiger partial charge >= 0.3 is 0 Å². The smallest absolute Gasteiger partial charge is 0.272 e. The van der Waals surface area contributed by atoms with Gasteiger partial charge in [-0.2, -0.15) is 5.10 Å². The van der Waals surface area contributed by atoms with E-state index in [2.05, 4.69) is 39.8 Å². The van der Waals surface area contributed by atoms with E-state index in [9.17, 15) is 4.79 Å². The first-order valence-corrected chi connectivity index (χ1v) is 9.75. The van der Waals surface area contributed by atoms with E-state index in [1.54, 1.807) is 37.7 Å². The second kappa shape index (κ2) is 9.54. The van der Waals surface area contributed by atoms with Crippen molar-refractivity contribution in [3.05, 3.63) is 102 Å². The quantitative estimate of drug-likeness (QED) is 0.357. The van der Waals surface area contributed by atoms with Gasteiger partial charge in [-0.25, -0.2) is 5.43 Å². The Balaban J connectivity index is 1.43. The maximum atomic E-state index is 12.0. The molecule has 0 spiro atoms. The summed E-state index contributed by atoms with van der Waals surface area (Å²) in [5.74, 6) is 0.890. The van der Waals surface area contributed by atoms with Crippen LogP contribution in [0.25, 0.3) is 10.8 Å². The Morgan fingerprint density at radius 1 is 1.03 bits per heavy atom. The van der Waals surface area contributed by atoms with Crippen LogP contribution in [0, 0.1) is 0 Å². The van der Waals surface area contributed by atoms with Crippen molar-refractivity contribution < 1.29 is 14.3 Å². The highest BCUT2D eigenvalue weighted by molar-refractivity contribution is 5.94. The lowest BCUT2D eigenvalue weighted by Crippen LogP contribution is -2.17. The van der Waals surface area contributed by atoms with Crippen LogP contribution in [0.5, 0.6) is 11.5 Å². The monoisotopic (exact) mass is 411 g/mol. The predicted molar refractivity (Wildman–Crippen MR) is 121 cm³/mol. The van der Waals surface area contributed by atoms with Crippen molar-refractivity contribution in [3.8, 4) is 11.5 Å². The molecule has 4 rings (SSSR count). The Labute approximate surface area is 180 Å². The van der Waals surface area contributed by atoms with E-state index in [0.29, 0.717) is 23.7 Å². The molecule has 0 bridgehead atoms. The molecule has 0 radical (unpaired) electrons. The van der Waals surface area contributed by atoms with E-state index in [1.165, 1.54) is 11.6 Å². The van der Waals surface area contributed by atoms with Crippen LogP contribution in [-0.2, 0) is 6.61 Å². The summed E-state index contributed by atoms with van der Waals surface area (Å²) >= 11 is 0. The van der Waals surface area contributed by atoms with Crippen LogP contribution >= 0.6 is 0 Å². The number of carbonyl (C=O) groups is 1. The van der Waals surface area contributed by atoms with E-state index in [0.717, 1.165) is 16.5 Å².